The minimum Gasteiger partial charge on any atom is -0.503 e. The lowest BCUT2D eigenvalue weighted by molar-refractivity contribution is -0.133. The number of ether oxygens (including phenoxy) is 3. The number of hydrogen-bond acceptors (Lipinski definition) is 6. The largest absolute Gasteiger partial charge is 0.503 e. The van der Waals surface area contributed by atoms with Crippen LogP contribution in [0.25, 0.3) is 5.57 Å². The summed E-state index contributed by atoms with van der Waals surface area (Å²) in [6.07, 6.45) is 3.51. The van der Waals surface area contributed by atoms with E-state index in [1.165, 1.54) is 26.7 Å². The lowest BCUT2D eigenvalue weighted by Gasteiger charge is -2.11. The van der Waals surface area contributed by atoms with Crippen LogP contribution in [0.1, 0.15) is 15.9 Å². The first-order valence-electron chi connectivity index (χ1n) is 6.69. The minimum atomic E-state index is -0.577. The molecule has 118 valence electrons. The number of pyridine rings is 1. The van der Waals surface area contributed by atoms with Gasteiger partial charge in [0.2, 0.25) is 5.88 Å². The van der Waals surface area contributed by atoms with Gasteiger partial charge in [0, 0.05) is 11.8 Å². The first-order chi connectivity index (χ1) is 11.2. The number of aromatic nitrogens is 1. The van der Waals surface area contributed by atoms with E-state index in [4.69, 9.17) is 14.2 Å². The highest BCUT2D eigenvalue weighted by molar-refractivity contribution is 6.16. The average Bonchev–Trinajstić information content (AvgIpc) is 2.60. The number of aldehydes is 1. The maximum absolute atomic E-state index is 11.9. The standard InChI is InChI=1S/C17H15NO5/c1-21-11-15(17(20)22-2)14-7-4-8-18-16(14)23-13-6-3-5-12(9-13)10-19/h3-11H,1-2H3/b15-11-. The van der Waals surface area contributed by atoms with Gasteiger partial charge in [0.25, 0.3) is 0 Å². The summed E-state index contributed by atoms with van der Waals surface area (Å²) in [6, 6.07) is 9.93. The van der Waals surface area contributed by atoms with E-state index in [9.17, 15) is 9.59 Å². The van der Waals surface area contributed by atoms with Gasteiger partial charge in [0.1, 0.15) is 17.6 Å². The minimum absolute atomic E-state index is 0.171. The smallest absolute Gasteiger partial charge is 0.341 e. The first kappa shape index (κ1) is 16.2. The van der Waals surface area contributed by atoms with Crippen molar-refractivity contribution < 1.29 is 23.8 Å². The molecule has 0 amide bonds. The van der Waals surface area contributed by atoms with E-state index in [-0.39, 0.29) is 11.5 Å². The molecule has 1 heterocycles. The van der Waals surface area contributed by atoms with Gasteiger partial charge in [-0.1, -0.05) is 12.1 Å². The summed E-state index contributed by atoms with van der Waals surface area (Å²) >= 11 is 0. The third kappa shape index (κ3) is 3.94. The van der Waals surface area contributed by atoms with Crippen molar-refractivity contribution in [3.63, 3.8) is 0 Å². The summed E-state index contributed by atoms with van der Waals surface area (Å²) in [6.45, 7) is 0. The molecule has 2 aromatic rings. The van der Waals surface area contributed by atoms with E-state index in [2.05, 4.69) is 4.98 Å². The number of carbonyl (C=O) groups excluding carboxylic acids is 2. The van der Waals surface area contributed by atoms with Gasteiger partial charge < -0.3 is 14.2 Å². The lowest BCUT2D eigenvalue weighted by Crippen LogP contribution is -2.06. The molecule has 0 aliphatic rings. The van der Waals surface area contributed by atoms with E-state index >= 15 is 0 Å². The second-order valence-electron chi connectivity index (χ2n) is 4.41. The maximum Gasteiger partial charge on any atom is 0.341 e. The molecule has 1 aromatic heterocycles. The number of esters is 1. The van der Waals surface area contributed by atoms with Crippen LogP contribution in [0.15, 0.2) is 48.9 Å². The van der Waals surface area contributed by atoms with Gasteiger partial charge >= 0.3 is 5.97 Å². The molecule has 0 aliphatic carbocycles. The molecule has 0 saturated heterocycles. The van der Waals surface area contributed by atoms with Gasteiger partial charge in [-0.05, 0) is 24.3 Å². The van der Waals surface area contributed by atoms with Crippen molar-refractivity contribution in [1.29, 1.82) is 0 Å². The van der Waals surface area contributed by atoms with Gasteiger partial charge in [-0.15, -0.1) is 0 Å². The highest BCUT2D eigenvalue weighted by Crippen LogP contribution is 2.29. The molecule has 0 spiro atoms. The van der Waals surface area contributed by atoms with Crippen LogP contribution in [0.3, 0.4) is 0 Å². The lowest BCUT2D eigenvalue weighted by atomic mass is 10.1. The average molecular weight is 313 g/mol. The molecule has 0 N–H and O–H groups in total. The summed E-state index contributed by atoms with van der Waals surface area (Å²) in [5.74, 6) is 0.0479. The number of nitrogens with zero attached hydrogens (tertiary/aromatic N) is 1. The Labute approximate surface area is 133 Å². The Kier molecular flexibility index (Phi) is 5.46. The topological polar surface area (TPSA) is 74.7 Å². The third-order valence-corrected chi connectivity index (χ3v) is 2.91. The van der Waals surface area contributed by atoms with E-state index < -0.39 is 5.97 Å². The summed E-state index contributed by atoms with van der Waals surface area (Å²) in [7, 11) is 2.70. The summed E-state index contributed by atoms with van der Waals surface area (Å²) in [5, 5.41) is 0. The molecule has 0 atom stereocenters. The zero-order valence-electron chi connectivity index (χ0n) is 12.7. The Balaban J connectivity index is 2.42. The molecule has 0 fully saturated rings. The predicted octanol–water partition coefficient (Wildman–Crippen LogP) is 2.85. The molecule has 0 aliphatic heterocycles. The molecule has 0 bridgehead atoms. The van der Waals surface area contributed by atoms with Crippen molar-refractivity contribution in [3.8, 4) is 11.6 Å². The van der Waals surface area contributed by atoms with Crippen LogP contribution in [0.2, 0.25) is 0 Å². The molecular weight excluding hydrogens is 298 g/mol. The zero-order chi connectivity index (χ0) is 16.7. The second-order valence-corrected chi connectivity index (χ2v) is 4.41. The van der Waals surface area contributed by atoms with Crippen LogP contribution in [-0.2, 0) is 14.3 Å². The van der Waals surface area contributed by atoms with Crippen molar-refractivity contribution in [2.75, 3.05) is 14.2 Å². The van der Waals surface area contributed by atoms with Crippen molar-refractivity contribution in [3.05, 3.63) is 60.0 Å². The fraction of sp³-hybridized carbons (Fsp3) is 0.118. The zero-order valence-corrected chi connectivity index (χ0v) is 12.7. The molecule has 6 nitrogen and oxygen atoms in total. The second kappa shape index (κ2) is 7.74. The number of methoxy groups -OCH3 is 2. The molecule has 0 saturated carbocycles. The normalized spacial score (nSPS) is 10.8. The van der Waals surface area contributed by atoms with Gasteiger partial charge in [0.15, 0.2) is 0 Å². The summed E-state index contributed by atoms with van der Waals surface area (Å²) in [5.41, 5.74) is 1.06. The SMILES string of the molecule is CO/C=C(\C(=O)OC)c1cccnc1Oc1cccc(C=O)c1. The Bertz CT molecular complexity index is 739. The Morgan fingerprint density at radius 2 is 2.00 bits per heavy atom. The molecule has 0 radical (unpaired) electrons. The molecule has 0 unspecified atom stereocenters. The van der Waals surface area contributed by atoms with E-state index in [0.29, 0.717) is 16.9 Å². The highest BCUT2D eigenvalue weighted by atomic mass is 16.5. The monoisotopic (exact) mass is 313 g/mol. The van der Waals surface area contributed by atoms with Crippen LogP contribution >= 0.6 is 0 Å². The Morgan fingerprint density at radius 3 is 2.70 bits per heavy atom. The Hall–Kier alpha value is -3.15. The van der Waals surface area contributed by atoms with Gasteiger partial charge in [-0.3, -0.25) is 4.79 Å². The van der Waals surface area contributed by atoms with Crippen molar-refractivity contribution >= 4 is 17.8 Å². The third-order valence-electron chi connectivity index (χ3n) is 2.91. The maximum atomic E-state index is 11.9. The van der Waals surface area contributed by atoms with Crippen LogP contribution in [-0.4, -0.2) is 31.5 Å². The summed E-state index contributed by atoms with van der Waals surface area (Å²) in [4.78, 5) is 26.9. The van der Waals surface area contributed by atoms with Gasteiger partial charge in [-0.2, -0.15) is 0 Å². The van der Waals surface area contributed by atoms with E-state index in [1.54, 1.807) is 36.4 Å². The van der Waals surface area contributed by atoms with Crippen LogP contribution in [0.4, 0.5) is 0 Å². The van der Waals surface area contributed by atoms with Crippen molar-refractivity contribution in [1.82, 2.24) is 4.98 Å². The van der Waals surface area contributed by atoms with E-state index in [0.717, 1.165) is 6.29 Å². The fourth-order valence-electron chi connectivity index (χ4n) is 1.89. The number of rotatable bonds is 6. The van der Waals surface area contributed by atoms with Gasteiger partial charge in [-0.25, -0.2) is 9.78 Å². The molecule has 23 heavy (non-hydrogen) atoms. The quantitative estimate of drug-likeness (QED) is 0.353. The first-order valence-corrected chi connectivity index (χ1v) is 6.69. The number of benzene rings is 1. The molecule has 2 rings (SSSR count). The van der Waals surface area contributed by atoms with E-state index in [1.807, 2.05) is 0 Å². The van der Waals surface area contributed by atoms with Crippen LogP contribution < -0.4 is 4.74 Å². The number of carbonyl (C=O) groups is 2. The highest BCUT2D eigenvalue weighted by Gasteiger charge is 2.19. The molecular formula is C17H15NO5. The van der Waals surface area contributed by atoms with Crippen molar-refractivity contribution in [2.24, 2.45) is 0 Å². The predicted molar refractivity (Wildman–Crippen MR) is 83.1 cm³/mol. The number of hydrogen-bond donors (Lipinski definition) is 0. The van der Waals surface area contributed by atoms with Gasteiger partial charge in [0.05, 0.1) is 26.0 Å². The molecule has 6 heteroatoms. The van der Waals surface area contributed by atoms with Crippen LogP contribution in [0.5, 0.6) is 11.6 Å². The fourth-order valence-corrected chi connectivity index (χ4v) is 1.89. The van der Waals surface area contributed by atoms with Crippen LogP contribution in [0, 0.1) is 0 Å². The molecule has 1 aromatic carbocycles. The van der Waals surface area contributed by atoms with Crippen molar-refractivity contribution in [2.45, 2.75) is 0 Å². The Morgan fingerprint density at radius 1 is 1.17 bits per heavy atom. The summed E-state index contributed by atoms with van der Waals surface area (Å²) < 4.78 is 15.4.